The van der Waals surface area contributed by atoms with Crippen molar-refractivity contribution >= 4 is 62.3 Å². The van der Waals surface area contributed by atoms with Crippen molar-refractivity contribution in [3.8, 4) is 5.75 Å². The van der Waals surface area contributed by atoms with Crippen LogP contribution in [0.15, 0.2) is 36.4 Å². The number of nitrogens with two attached hydrogens (primary N) is 1. The molecule has 6 N–H and O–H groups in total. The molecule has 2 aromatic carbocycles. The number of phenolic OH excluding ortho intramolecular Hbond substituents is 1. The highest BCUT2D eigenvalue weighted by Gasteiger charge is 2.72. The molecule has 244 valence electrons. The van der Waals surface area contributed by atoms with Crippen molar-refractivity contribution in [2.75, 3.05) is 38.4 Å². The van der Waals surface area contributed by atoms with Crippen LogP contribution in [0.4, 0.5) is 11.4 Å². The van der Waals surface area contributed by atoms with Crippen molar-refractivity contribution in [1.82, 2.24) is 4.90 Å². The van der Waals surface area contributed by atoms with Crippen LogP contribution in [0.1, 0.15) is 39.2 Å². The topological polar surface area (TPSA) is 208 Å². The number of amides is 2. The van der Waals surface area contributed by atoms with Gasteiger partial charge in [0.2, 0.25) is 11.8 Å². The van der Waals surface area contributed by atoms with Crippen LogP contribution in [0.25, 0.3) is 0 Å². The van der Waals surface area contributed by atoms with E-state index >= 15 is 0 Å². The van der Waals surface area contributed by atoms with Gasteiger partial charge < -0.3 is 31.3 Å². The summed E-state index contributed by atoms with van der Waals surface area (Å²) in [5.41, 5.74) is 3.62. The number of Topliss-reactive ketones (excluding diaryl/α,β-unsaturated/α-hetero) is 4. The van der Waals surface area contributed by atoms with Crippen LogP contribution in [0.3, 0.4) is 0 Å². The fourth-order valence-electron chi connectivity index (χ4n) is 7.38. The minimum Gasteiger partial charge on any atom is -0.505 e. The van der Waals surface area contributed by atoms with E-state index in [1.165, 1.54) is 31.1 Å². The molecule has 2 amide bonds. The molecule has 3 aliphatic rings. The van der Waals surface area contributed by atoms with Crippen LogP contribution in [-0.2, 0) is 24.0 Å². The number of aromatic hydroxyl groups is 1. The van der Waals surface area contributed by atoms with E-state index in [4.69, 9.17) is 5.73 Å². The zero-order chi connectivity index (χ0) is 34.2. The van der Waals surface area contributed by atoms with E-state index in [2.05, 4.69) is 21.2 Å². The number of anilines is 2. The van der Waals surface area contributed by atoms with Crippen molar-refractivity contribution < 1.29 is 44.1 Å². The molecule has 0 heterocycles. The van der Waals surface area contributed by atoms with E-state index in [1.807, 2.05) is 31.1 Å². The van der Waals surface area contributed by atoms with Gasteiger partial charge in [0, 0.05) is 25.7 Å². The Hall–Kier alpha value is -3.98. The Labute approximate surface area is 272 Å². The molecule has 3 aliphatic carbocycles. The number of carbonyl (C=O) groups excluding carboxylic acids is 6. The highest BCUT2D eigenvalue weighted by Crippen LogP contribution is 2.55. The number of aliphatic hydroxyl groups is 2. The number of alkyl halides is 1. The molecule has 2 fully saturated rings. The highest BCUT2D eigenvalue weighted by atomic mass is 79.9. The number of primary amides is 1. The molecule has 0 radical (unpaired) electrons. The van der Waals surface area contributed by atoms with Crippen LogP contribution < -0.4 is 16.0 Å². The number of halogens is 1. The molecule has 9 atom stereocenters. The first-order valence-corrected chi connectivity index (χ1v) is 15.5. The Morgan fingerprint density at radius 1 is 1.00 bits per heavy atom. The molecule has 0 spiro atoms. The molecule has 0 bridgehead atoms. The number of likely N-dealkylation sites (N-methyl/N-ethyl adjacent to an activating group) is 1. The lowest BCUT2D eigenvalue weighted by molar-refractivity contribution is -0.196. The van der Waals surface area contributed by atoms with Gasteiger partial charge in [-0.05, 0) is 49.3 Å². The monoisotopic (exact) mass is 698 g/mol. The molecular weight excluding hydrogens is 664 g/mol. The van der Waals surface area contributed by atoms with Gasteiger partial charge in [0.15, 0.2) is 34.7 Å². The number of nitrogens with one attached hydrogen (secondary N) is 1. The summed E-state index contributed by atoms with van der Waals surface area (Å²) >= 11 is 3.36. The van der Waals surface area contributed by atoms with Gasteiger partial charge in [0.1, 0.15) is 10.6 Å². The average Bonchev–Trinajstić information content (AvgIpc) is 2.99. The molecule has 2 aromatic rings. The van der Waals surface area contributed by atoms with E-state index in [0.29, 0.717) is 5.56 Å². The van der Waals surface area contributed by atoms with E-state index in [1.54, 1.807) is 19.1 Å². The van der Waals surface area contributed by atoms with E-state index in [9.17, 15) is 44.1 Å². The third kappa shape index (κ3) is 4.77. The lowest BCUT2D eigenvalue weighted by Crippen LogP contribution is -2.77. The quantitative estimate of drug-likeness (QED) is 0.160. The largest absolute Gasteiger partial charge is 0.505 e. The summed E-state index contributed by atoms with van der Waals surface area (Å²) in [6.45, 7) is 1.61. The van der Waals surface area contributed by atoms with Crippen LogP contribution in [-0.4, -0.2) is 101 Å². The zero-order valence-corrected chi connectivity index (χ0v) is 27.3. The van der Waals surface area contributed by atoms with Crippen molar-refractivity contribution in [2.24, 2.45) is 29.4 Å². The summed E-state index contributed by atoms with van der Waals surface area (Å²) in [5, 5.41) is 37.4. The number of benzene rings is 2. The summed E-state index contributed by atoms with van der Waals surface area (Å²) < 4.78 is 0. The van der Waals surface area contributed by atoms with Gasteiger partial charge in [-0.25, -0.2) is 0 Å². The van der Waals surface area contributed by atoms with Crippen molar-refractivity contribution in [3.63, 3.8) is 0 Å². The Kier molecular flexibility index (Phi) is 8.47. The van der Waals surface area contributed by atoms with Crippen molar-refractivity contribution in [1.29, 1.82) is 0 Å². The van der Waals surface area contributed by atoms with E-state index in [0.717, 1.165) is 5.69 Å². The molecular formula is C32H35BrN4O9. The molecule has 2 saturated carbocycles. The maximum atomic E-state index is 14.1. The van der Waals surface area contributed by atoms with Gasteiger partial charge in [0.25, 0.3) is 0 Å². The first-order valence-electron chi connectivity index (χ1n) is 14.6. The standard InChI is InChI=1S/C32H35BrN4O9/c1-12-15-10-11-16(35-31(45)22(33)13-6-8-14(9-7-13)36(2)3)24(38)18(15)25(39)19-17(12)26(40)21-23(37(4)5)27(41)20(30(34)44)29(43)32(21,46)28(19)42/h6-12,17,19-23,26,38,40,46H,1-5H3,(H2,34,44)(H,35,45)/t12?,17?,19?,20?,21?,22?,23-,26?,32-/m0/s1. The molecule has 0 aliphatic heterocycles. The SMILES string of the molecule is CC1c2ccc(NC(=O)C(Br)c3ccc(N(C)C)cc3)c(O)c2C(=O)C2C(=O)[C@]3(O)C(=O)C(C(N)=O)C(=O)[C@@H](N(C)C)C3C(O)C21. The molecule has 0 saturated heterocycles. The molecule has 7 unspecified atom stereocenters. The molecule has 13 nitrogen and oxygen atoms in total. The number of aliphatic hydroxyl groups excluding tert-OH is 1. The summed E-state index contributed by atoms with van der Waals surface area (Å²) in [5.74, 6) is -15.0. The van der Waals surface area contributed by atoms with Gasteiger partial charge in [-0.2, -0.15) is 0 Å². The maximum Gasteiger partial charge on any atom is 0.242 e. The number of rotatable bonds is 6. The molecule has 5 rings (SSSR count). The van der Waals surface area contributed by atoms with Crippen LogP contribution in [0.2, 0.25) is 0 Å². The summed E-state index contributed by atoms with van der Waals surface area (Å²) in [6, 6.07) is 8.61. The van der Waals surface area contributed by atoms with Gasteiger partial charge in [-0.1, -0.05) is 41.1 Å². The molecule has 0 aromatic heterocycles. The third-order valence-corrected chi connectivity index (χ3v) is 10.6. The number of hydrogen-bond acceptors (Lipinski definition) is 11. The molecule has 46 heavy (non-hydrogen) atoms. The zero-order valence-electron chi connectivity index (χ0n) is 25.7. The highest BCUT2D eigenvalue weighted by molar-refractivity contribution is 9.09. The smallest absolute Gasteiger partial charge is 0.242 e. The normalized spacial score (nSPS) is 31.1. The summed E-state index contributed by atoms with van der Waals surface area (Å²) in [7, 11) is 6.61. The number of fused-ring (bicyclic) bond motifs is 3. The second-order valence-electron chi connectivity index (χ2n) is 12.6. The van der Waals surface area contributed by atoms with Crippen molar-refractivity contribution in [2.45, 2.75) is 35.4 Å². The van der Waals surface area contributed by atoms with E-state index < -0.39 is 92.9 Å². The first kappa shape index (κ1) is 33.4. The summed E-state index contributed by atoms with van der Waals surface area (Å²) in [4.78, 5) is 82.7. The van der Waals surface area contributed by atoms with Gasteiger partial charge in [0.05, 0.1) is 35.2 Å². The van der Waals surface area contributed by atoms with Crippen LogP contribution >= 0.6 is 15.9 Å². The lowest BCUT2D eigenvalue weighted by Gasteiger charge is -2.56. The lowest BCUT2D eigenvalue weighted by atomic mass is 9.49. The number of carbonyl (C=O) groups is 6. The van der Waals surface area contributed by atoms with Gasteiger partial charge in [-0.15, -0.1) is 0 Å². The van der Waals surface area contributed by atoms with Crippen LogP contribution in [0.5, 0.6) is 5.75 Å². The Balaban J connectivity index is 1.53. The van der Waals surface area contributed by atoms with Crippen molar-refractivity contribution in [3.05, 3.63) is 53.1 Å². The maximum absolute atomic E-state index is 14.1. The van der Waals surface area contributed by atoms with Gasteiger partial charge in [-0.3, -0.25) is 33.7 Å². The fourth-order valence-corrected chi connectivity index (χ4v) is 7.80. The summed E-state index contributed by atoms with van der Waals surface area (Å²) in [6.07, 6.45) is -1.73. The van der Waals surface area contributed by atoms with Gasteiger partial charge >= 0.3 is 0 Å². The average molecular weight is 700 g/mol. The molecule has 14 heteroatoms. The number of hydrogen-bond donors (Lipinski definition) is 5. The van der Waals surface area contributed by atoms with E-state index in [-0.39, 0.29) is 16.8 Å². The predicted molar refractivity (Wildman–Crippen MR) is 169 cm³/mol. The predicted octanol–water partition coefficient (Wildman–Crippen LogP) is 0.540. The Morgan fingerprint density at radius 2 is 1.61 bits per heavy atom. The Morgan fingerprint density at radius 3 is 2.15 bits per heavy atom. The minimum atomic E-state index is -3.09. The number of nitrogens with zero attached hydrogens (tertiary/aromatic N) is 2. The van der Waals surface area contributed by atoms with Crippen LogP contribution in [0, 0.1) is 23.7 Å². The third-order valence-electron chi connectivity index (χ3n) is 9.68. The number of phenols is 1. The second kappa shape index (κ2) is 11.7. The first-order chi connectivity index (χ1) is 21.5. The second-order valence-corrected chi connectivity index (χ2v) is 13.5. The minimum absolute atomic E-state index is 0.127. The Bertz CT molecular complexity index is 1680. The number of ketones is 4. The fraction of sp³-hybridized carbons (Fsp3) is 0.438.